The van der Waals surface area contributed by atoms with Crippen molar-refractivity contribution >= 4 is 10.0 Å². The van der Waals surface area contributed by atoms with Crippen molar-refractivity contribution in [2.75, 3.05) is 5.75 Å². The van der Waals surface area contributed by atoms with Crippen molar-refractivity contribution in [1.82, 2.24) is 14.3 Å². The minimum Gasteiger partial charge on any atom is -0.310 e. The molecule has 0 saturated carbocycles. The van der Waals surface area contributed by atoms with Crippen LogP contribution >= 0.6 is 0 Å². The normalized spacial score (nSPS) is 24.4. The van der Waals surface area contributed by atoms with Crippen molar-refractivity contribution in [3.63, 3.8) is 0 Å². The number of aromatic nitrogens is 2. The maximum absolute atomic E-state index is 12.7. The SMILES string of the molecule is CCCCS(=O)(=O)N1[C@@H]2CC[C@H]1Cc1nc(CC)[nH]c(=O)c1C2. The lowest BCUT2D eigenvalue weighted by atomic mass is 9.98. The third-order valence-corrected chi connectivity index (χ3v) is 7.03. The molecule has 2 aliphatic rings. The van der Waals surface area contributed by atoms with Crippen molar-refractivity contribution in [3.8, 4) is 0 Å². The molecule has 3 heterocycles. The van der Waals surface area contributed by atoms with Crippen molar-refractivity contribution in [2.45, 2.75) is 70.9 Å². The Morgan fingerprint density at radius 1 is 1.22 bits per heavy atom. The second-order valence-electron chi connectivity index (χ2n) is 6.58. The quantitative estimate of drug-likeness (QED) is 0.879. The molecule has 6 nitrogen and oxygen atoms in total. The highest BCUT2D eigenvalue weighted by Gasteiger charge is 2.44. The zero-order valence-electron chi connectivity index (χ0n) is 13.8. The molecule has 0 amide bonds. The van der Waals surface area contributed by atoms with Gasteiger partial charge in [0.15, 0.2) is 0 Å². The Labute approximate surface area is 137 Å². The molecule has 0 spiro atoms. The predicted molar refractivity (Wildman–Crippen MR) is 89.0 cm³/mol. The summed E-state index contributed by atoms with van der Waals surface area (Å²) in [5, 5.41) is 0. The summed E-state index contributed by atoms with van der Waals surface area (Å²) in [7, 11) is -3.26. The molecule has 23 heavy (non-hydrogen) atoms. The summed E-state index contributed by atoms with van der Waals surface area (Å²) in [6, 6.07) is -0.124. The number of unbranched alkanes of at least 4 members (excludes halogenated alkanes) is 1. The van der Waals surface area contributed by atoms with Gasteiger partial charge in [-0.15, -0.1) is 0 Å². The number of rotatable bonds is 5. The second-order valence-corrected chi connectivity index (χ2v) is 8.58. The number of sulfonamides is 1. The van der Waals surface area contributed by atoms with Crippen molar-refractivity contribution in [3.05, 3.63) is 27.4 Å². The summed E-state index contributed by atoms with van der Waals surface area (Å²) >= 11 is 0. The molecule has 7 heteroatoms. The first kappa shape index (κ1) is 16.6. The van der Waals surface area contributed by atoms with Crippen molar-refractivity contribution in [2.24, 2.45) is 0 Å². The van der Waals surface area contributed by atoms with Crippen LogP contribution < -0.4 is 5.56 Å². The van der Waals surface area contributed by atoms with E-state index in [1.54, 1.807) is 4.31 Å². The molecule has 1 N–H and O–H groups in total. The highest BCUT2D eigenvalue weighted by Crippen LogP contribution is 2.35. The Kier molecular flexibility index (Phi) is 4.60. The monoisotopic (exact) mass is 339 g/mol. The zero-order valence-corrected chi connectivity index (χ0v) is 14.7. The molecule has 1 saturated heterocycles. The lowest BCUT2D eigenvalue weighted by molar-refractivity contribution is 0.326. The average molecular weight is 339 g/mol. The molecule has 0 unspecified atom stereocenters. The van der Waals surface area contributed by atoms with Crippen LogP contribution in [0.1, 0.15) is 56.6 Å². The first-order valence-electron chi connectivity index (χ1n) is 8.58. The van der Waals surface area contributed by atoms with Gasteiger partial charge in [0.2, 0.25) is 10.0 Å². The standard InChI is InChI=1S/C16H25N3O3S/c1-3-5-8-23(21,22)19-11-6-7-12(19)10-14-13(9-11)16(20)18-15(4-2)17-14/h11-12H,3-10H2,1-2H3,(H,17,18,20)/t11-,12+/m1/s1. The first-order valence-corrected chi connectivity index (χ1v) is 10.2. The van der Waals surface area contributed by atoms with Gasteiger partial charge >= 0.3 is 0 Å². The Morgan fingerprint density at radius 3 is 2.57 bits per heavy atom. The minimum absolute atomic E-state index is 0.0397. The summed E-state index contributed by atoms with van der Waals surface area (Å²) < 4.78 is 27.2. The molecule has 1 aromatic rings. The average Bonchev–Trinajstić information content (AvgIpc) is 2.81. The maximum atomic E-state index is 12.7. The van der Waals surface area contributed by atoms with Crippen LogP contribution in [-0.4, -0.2) is 40.5 Å². The van der Waals surface area contributed by atoms with Crippen molar-refractivity contribution < 1.29 is 8.42 Å². The molecule has 128 valence electrons. The molecular formula is C16H25N3O3S. The van der Waals surface area contributed by atoms with Gasteiger partial charge in [0, 0.05) is 30.5 Å². The van der Waals surface area contributed by atoms with Gasteiger partial charge in [-0.2, -0.15) is 4.31 Å². The summed E-state index contributed by atoms with van der Waals surface area (Å²) in [6.07, 6.45) is 4.98. The van der Waals surface area contributed by atoms with Crippen LogP contribution in [0.15, 0.2) is 4.79 Å². The zero-order chi connectivity index (χ0) is 16.6. The van der Waals surface area contributed by atoms with Crippen LogP contribution in [0.25, 0.3) is 0 Å². The number of nitrogens with zero attached hydrogens (tertiary/aromatic N) is 2. The number of hydrogen-bond donors (Lipinski definition) is 1. The van der Waals surface area contributed by atoms with Crippen LogP contribution in [-0.2, 0) is 29.3 Å². The van der Waals surface area contributed by atoms with E-state index in [4.69, 9.17) is 0 Å². The fraction of sp³-hybridized carbons (Fsp3) is 0.750. The molecule has 2 bridgehead atoms. The van der Waals surface area contributed by atoms with Gasteiger partial charge in [-0.1, -0.05) is 20.3 Å². The molecule has 3 rings (SSSR count). The van der Waals surface area contributed by atoms with E-state index in [1.165, 1.54) is 0 Å². The molecule has 0 radical (unpaired) electrons. The van der Waals surface area contributed by atoms with Crippen LogP contribution in [0.2, 0.25) is 0 Å². The molecule has 0 aliphatic carbocycles. The molecular weight excluding hydrogens is 314 g/mol. The third kappa shape index (κ3) is 3.08. The lowest BCUT2D eigenvalue weighted by Gasteiger charge is -2.27. The number of hydrogen-bond acceptors (Lipinski definition) is 4. The van der Waals surface area contributed by atoms with E-state index in [9.17, 15) is 13.2 Å². The van der Waals surface area contributed by atoms with E-state index >= 15 is 0 Å². The molecule has 0 aromatic carbocycles. The predicted octanol–water partition coefficient (Wildman–Crippen LogP) is 1.39. The number of H-pyrrole nitrogens is 1. The largest absolute Gasteiger partial charge is 0.310 e. The van der Waals surface area contributed by atoms with Crippen LogP contribution in [0.4, 0.5) is 0 Å². The van der Waals surface area contributed by atoms with Crippen LogP contribution in [0, 0.1) is 0 Å². The smallest absolute Gasteiger partial charge is 0.254 e. The van der Waals surface area contributed by atoms with Gasteiger partial charge in [-0.25, -0.2) is 13.4 Å². The highest BCUT2D eigenvalue weighted by molar-refractivity contribution is 7.89. The lowest BCUT2D eigenvalue weighted by Crippen LogP contribution is -2.43. The van der Waals surface area contributed by atoms with E-state index in [2.05, 4.69) is 9.97 Å². The number of aromatic amines is 1. The van der Waals surface area contributed by atoms with E-state index in [1.807, 2.05) is 13.8 Å². The number of aryl methyl sites for hydroxylation is 1. The third-order valence-electron chi connectivity index (χ3n) is 4.98. The van der Waals surface area contributed by atoms with Gasteiger partial charge in [-0.3, -0.25) is 4.79 Å². The summed E-state index contributed by atoms with van der Waals surface area (Å²) in [5.41, 5.74) is 1.39. The van der Waals surface area contributed by atoms with Crippen LogP contribution in [0.3, 0.4) is 0 Å². The molecule has 1 aromatic heterocycles. The van der Waals surface area contributed by atoms with Gasteiger partial charge < -0.3 is 4.98 Å². The maximum Gasteiger partial charge on any atom is 0.254 e. The Balaban J connectivity index is 1.96. The van der Waals surface area contributed by atoms with Gasteiger partial charge in [0.1, 0.15) is 5.82 Å². The van der Waals surface area contributed by atoms with E-state index in [0.717, 1.165) is 25.0 Å². The van der Waals surface area contributed by atoms with Gasteiger partial charge in [0.25, 0.3) is 5.56 Å². The number of fused-ring (bicyclic) bond motifs is 3. The van der Waals surface area contributed by atoms with E-state index in [0.29, 0.717) is 37.1 Å². The van der Waals surface area contributed by atoms with E-state index in [-0.39, 0.29) is 23.4 Å². The Hall–Kier alpha value is -1.21. The van der Waals surface area contributed by atoms with Gasteiger partial charge in [-0.05, 0) is 25.7 Å². The Morgan fingerprint density at radius 2 is 1.91 bits per heavy atom. The van der Waals surface area contributed by atoms with E-state index < -0.39 is 10.0 Å². The Bertz CT molecular complexity index is 741. The highest BCUT2D eigenvalue weighted by atomic mass is 32.2. The molecule has 1 fully saturated rings. The molecule has 2 aliphatic heterocycles. The topological polar surface area (TPSA) is 83.1 Å². The summed E-state index contributed by atoms with van der Waals surface area (Å²) in [4.78, 5) is 19.7. The van der Waals surface area contributed by atoms with Gasteiger partial charge in [0.05, 0.1) is 11.4 Å². The van der Waals surface area contributed by atoms with Crippen LogP contribution in [0.5, 0.6) is 0 Å². The fourth-order valence-corrected chi connectivity index (χ4v) is 5.94. The summed E-state index contributed by atoms with van der Waals surface area (Å²) in [5.74, 6) is 0.892. The molecule has 2 atom stereocenters. The van der Waals surface area contributed by atoms with Crippen molar-refractivity contribution in [1.29, 1.82) is 0 Å². The first-order chi connectivity index (χ1) is 11.0. The summed E-state index contributed by atoms with van der Waals surface area (Å²) in [6.45, 7) is 3.95. The number of nitrogens with one attached hydrogen (secondary N) is 1. The minimum atomic E-state index is -3.26. The fourth-order valence-electron chi connectivity index (χ4n) is 3.81. The second kappa shape index (κ2) is 6.36.